The van der Waals surface area contributed by atoms with E-state index in [1.807, 2.05) is 20.8 Å². The van der Waals surface area contributed by atoms with E-state index in [-0.39, 0.29) is 6.61 Å². The van der Waals surface area contributed by atoms with Crippen LogP contribution >= 0.6 is 0 Å². The average molecular weight is 404 g/mol. The Balaban J connectivity index is 2.31. The largest absolute Gasteiger partial charge is 0.463 e. The molecule has 0 amide bonds. The third kappa shape index (κ3) is 5.87. The van der Waals surface area contributed by atoms with Gasteiger partial charge >= 0.3 is 17.9 Å². The minimum Gasteiger partial charge on any atom is -0.463 e. The Hall–Kier alpha value is -1.75. The first-order chi connectivity index (χ1) is 12.8. The van der Waals surface area contributed by atoms with Crippen molar-refractivity contribution in [2.24, 2.45) is 0 Å². The number of ether oxygens (including phenoxy) is 7. The molecule has 2 aliphatic heterocycles. The van der Waals surface area contributed by atoms with Crippen molar-refractivity contribution >= 4 is 17.9 Å². The number of rotatable bonds is 5. The number of hydrogen-bond acceptors (Lipinski definition) is 10. The number of hydrogen-bond donors (Lipinski definition) is 0. The molecule has 0 aliphatic carbocycles. The molecule has 0 aromatic heterocycles. The zero-order valence-corrected chi connectivity index (χ0v) is 17.2. The fourth-order valence-electron chi connectivity index (χ4n) is 3.18. The minimum atomic E-state index is -1.48. The van der Waals surface area contributed by atoms with Crippen molar-refractivity contribution in [1.29, 1.82) is 0 Å². The van der Waals surface area contributed by atoms with Gasteiger partial charge < -0.3 is 28.4 Å². The molecule has 28 heavy (non-hydrogen) atoms. The second kappa shape index (κ2) is 8.32. The van der Waals surface area contributed by atoms with Crippen LogP contribution in [0.25, 0.3) is 0 Å². The number of fused-ring (bicyclic) bond motifs is 1. The Bertz CT molecular complexity index is 612. The molecular weight excluding hydrogens is 376 g/mol. The summed E-state index contributed by atoms with van der Waals surface area (Å²) in [6.07, 6.45) is -4.97. The molecule has 0 spiro atoms. The van der Waals surface area contributed by atoms with E-state index >= 15 is 0 Å². The van der Waals surface area contributed by atoms with Gasteiger partial charge in [0.1, 0.15) is 12.7 Å². The molecule has 0 radical (unpaired) electrons. The molecule has 0 saturated carbocycles. The van der Waals surface area contributed by atoms with Crippen LogP contribution in [0.15, 0.2) is 0 Å². The van der Waals surface area contributed by atoms with Crippen molar-refractivity contribution in [2.45, 2.75) is 90.7 Å². The lowest BCUT2D eigenvalue weighted by molar-refractivity contribution is -0.371. The van der Waals surface area contributed by atoms with Crippen LogP contribution in [0.4, 0.5) is 0 Å². The number of carbonyl (C=O) groups is 3. The first-order valence-electron chi connectivity index (χ1n) is 8.99. The van der Waals surface area contributed by atoms with Gasteiger partial charge in [0.25, 0.3) is 5.97 Å². The third-order valence-corrected chi connectivity index (χ3v) is 3.82. The summed E-state index contributed by atoms with van der Waals surface area (Å²) in [4.78, 5) is 34.5. The van der Waals surface area contributed by atoms with Crippen molar-refractivity contribution in [3.63, 3.8) is 0 Å². The topological polar surface area (TPSA) is 116 Å². The molecule has 10 nitrogen and oxygen atoms in total. The van der Waals surface area contributed by atoms with Gasteiger partial charge in [-0.15, -0.1) is 0 Å². The van der Waals surface area contributed by atoms with E-state index in [1.165, 1.54) is 20.8 Å². The molecule has 10 heteroatoms. The molecular formula is C18H28O10. The predicted molar refractivity (Wildman–Crippen MR) is 91.6 cm³/mol. The zero-order chi connectivity index (χ0) is 21.3. The van der Waals surface area contributed by atoms with Crippen molar-refractivity contribution in [2.75, 3.05) is 6.61 Å². The van der Waals surface area contributed by atoms with E-state index in [0.29, 0.717) is 0 Å². The molecule has 0 aromatic carbocycles. The van der Waals surface area contributed by atoms with Crippen LogP contribution in [0, 0.1) is 0 Å². The fraction of sp³-hybridized carbons (Fsp3) is 0.833. The Morgan fingerprint density at radius 2 is 1.50 bits per heavy atom. The van der Waals surface area contributed by atoms with E-state index in [9.17, 15) is 14.4 Å². The summed E-state index contributed by atoms with van der Waals surface area (Å²) in [7, 11) is 0. The first-order valence-corrected chi connectivity index (χ1v) is 8.99. The Morgan fingerprint density at radius 1 is 0.929 bits per heavy atom. The minimum absolute atomic E-state index is 0.228. The highest BCUT2D eigenvalue weighted by Gasteiger charge is 2.60. The van der Waals surface area contributed by atoms with Gasteiger partial charge in [0.05, 0.1) is 5.60 Å². The molecule has 0 bridgehead atoms. The zero-order valence-electron chi connectivity index (χ0n) is 17.2. The van der Waals surface area contributed by atoms with Crippen LogP contribution in [0.3, 0.4) is 0 Å². The fourth-order valence-corrected chi connectivity index (χ4v) is 3.18. The monoisotopic (exact) mass is 404 g/mol. The predicted octanol–water partition coefficient (Wildman–Crippen LogP) is 1.04. The van der Waals surface area contributed by atoms with Crippen LogP contribution in [-0.2, 0) is 47.5 Å². The van der Waals surface area contributed by atoms with Gasteiger partial charge in [0.15, 0.2) is 24.6 Å². The van der Waals surface area contributed by atoms with Crippen molar-refractivity contribution in [3.8, 4) is 0 Å². The van der Waals surface area contributed by atoms with Crippen LogP contribution in [-0.4, -0.2) is 66.8 Å². The van der Waals surface area contributed by atoms with E-state index in [1.54, 1.807) is 6.92 Å². The maximum atomic E-state index is 11.7. The van der Waals surface area contributed by atoms with Gasteiger partial charge in [0, 0.05) is 27.7 Å². The van der Waals surface area contributed by atoms with Gasteiger partial charge in [0.2, 0.25) is 0 Å². The molecule has 2 saturated heterocycles. The van der Waals surface area contributed by atoms with E-state index in [0.717, 1.165) is 0 Å². The highest BCUT2D eigenvalue weighted by Crippen LogP contribution is 2.41. The molecule has 2 rings (SSSR count). The summed E-state index contributed by atoms with van der Waals surface area (Å²) in [5, 5.41) is 0. The molecule has 160 valence electrons. The highest BCUT2D eigenvalue weighted by molar-refractivity contribution is 5.67. The van der Waals surface area contributed by atoms with Crippen LogP contribution in [0.5, 0.6) is 0 Å². The summed E-state index contributed by atoms with van der Waals surface area (Å²) in [6, 6.07) is 0. The van der Waals surface area contributed by atoms with Gasteiger partial charge in [-0.1, -0.05) is 0 Å². The average Bonchev–Trinajstić information content (AvgIpc) is 2.80. The van der Waals surface area contributed by atoms with E-state index in [4.69, 9.17) is 33.2 Å². The Morgan fingerprint density at radius 3 is 2.00 bits per heavy atom. The summed E-state index contributed by atoms with van der Waals surface area (Å²) in [6.45, 7) is 10.5. The molecule has 1 unspecified atom stereocenters. The lowest BCUT2D eigenvalue weighted by Crippen LogP contribution is -2.60. The van der Waals surface area contributed by atoms with Crippen molar-refractivity contribution in [3.05, 3.63) is 0 Å². The maximum Gasteiger partial charge on any atom is 0.303 e. The van der Waals surface area contributed by atoms with Gasteiger partial charge in [-0.05, 0) is 20.8 Å². The molecule has 6 atom stereocenters. The van der Waals surface area contributed by atoms with Gasteiger partial charge in [-0.25, -0.2) is 0 Å². The lowest BCUT2D eigenvalue weighted by atomic mass is 9.98. The normalized spacial score (nSPS) is 35.0. The molecule has 0 N–H and O–H groups in total. The Kier molecular flexibility index (Phi) is 6.70. The number of esters is 3. The summed E-state index contributed by atoms with van der Waals surface area (Å²) in [5.74, 6) is -3.25. The van der Waals surface area contributed by atoms with Gasteiger partial charge in [-0.3, -0.25) is 19.1 Å². The van der Waals surface area contributed by atoms with Crippen molar-refractivity contribution < 1.29 is 47.5 Å². The molecule has 2 aliphatic rings. The summed E-state index contributed by atoms with van der Waals surface area (Å²) >= 11 is 0. The van der Waals surface area contributed by atoms with Gasteiger partial charge in [-0.2, -0.15) is 0 Å². The van der Waals surface area contributed by atoms with Crippen LogP contribution in [0.1, 0.15) is 48.5 Å². The standard InChI is InChI=1S/C18H28O10/c1-9(19)22-8-12-13(23-10(2)20)14(24-11(3)21)15-16(25-12)27-18(7,26-15)28-17(4,5)6/h12-16H,8H2,1-7H3/t12-,13-,14+,15-,16+,18?/m1/s1. The first kappa shape index (κ1) is 22.5. The molecule has 2 heterocycles. The SMILES string of the molecule is CC(=O)OC[C@H]1O[C@H]2OC(C)(OC(C)(C)C)O[C@@H]2[C@@H](OC(C)=O)[C@@H]1OC(C)=O. The quantitative estimate of drug-likeness (QED) is 0.486. The lowest BCUT2D eigenvalue weighted by Gasteiger charge is -2.40. The summed E-state index contributed by atoms with van der Waals surface area (Å²) in [5.41, 5.74) is -0.606. The Labute approximate surface area is 163 Å². The van der Waals surface area contributed by atoms with Crippen LogP contribution in [0.2, 0.25) is 0 Å². The number of carbonyl (C=O) groups excluding carboxylic acids is 3. The van der Waals surface area contributed by atoms with Crippen molar-refractivity contribution in [1.82, 2.24) is 0 Å². The maximum absolute atomic E-state index is 11.7. The second-order valence-corrected chi connectivity index (χ2v) is 7.77. The molecule has 0 aromatic rings. The smallest absolute Gasteiger partial charge is 0.303 e. The third-order valence-electron chi connectivity index (χ3n) is 3.82. The van der Waals surface area contributed by atoms with E-state index < -0.39 is 60.2 Å². The summed E-state index contributed by atoms with van der Waals surface area (Å²) < 4.78 is 39.0. The highest BCUT2D eigenvalue weighted by atomic mass is 16.9. The van der Waals surface area contributed by atoms with Crippen LogP contribution < -0.4 is 0 Å². The molecule has 2 fully saturated rings. The second-order valence-electron chi connectivity index (χ2n) is 7.77. The van der Waals surface area contributed by atoms with E-state index in [2.05, 4.69) is 0 Å².